The molecule has 0 fully saturated rings. The van der Waals surface area contributed by atoms with Gasteiger partial charge >= 0.3 is 0 Å². The Bertz CT molecular complexity index is 946. The van der Waals surface area contributed by atoms with Crippen molar-refractivity contribution in [2.24, 2.45) is 0 Å². The van der Waals surface area contributed by atoms with E-state index in [1.54, 1.807) is 0 Å². The highest BCUT2D eigenvalue weighted by molar-refractivity contribution is 6.31. The van der Waals surface area contributed by atoms with Crippen LogP contribution in [-0.4, -0.2) is 36.4 Å². The van der Waals surface area contributed by atoms with Crippen LogP contribution in [0.3, 0.4) is 0 Å². The van der Waals surface area contributed by atoms with Crippen molar-refractivity contribution >= 4 is 28.4 Å². The van der Waals surface area contributed by atoms with Gasteiger partial charge in [-0.05, 0) is 63.3 Å². The van der Waals surface area contributed by atoms with Gasteiger partial charge in [0, 0.05) is 33.7 Å². The molecule has 1 atom stereocenters. The molecular weight excluding hydrogens is 346 g/mol. The number of fused-ring (bicyclic) bond motifs is 1. The molecule has 5 heteroatoms. The lowest BCUT2D eigenvalue weighted by atomic mass is 10.1. The van der Waals surface area contributed by atoms with E-state index in [-0.39, 0.29) is 11.9 Å². The number of carbonyl (C=O) groups is 1. The maximum absolute atomic E-state index is 12.7. The van der Waals surface area contributed by atoms with Gasteiger partial charge in [0.2, 0.25) is 0 Å². The van der Waals surface area contributed by atoms with Gasteiger partial charge in [0.1, 0.15) is 0 Å². The van der Waals surface area contributed by atoms with Gasteiger partial charge in [-0.15, -0.1) is 0 Å². The summed E-state index contributed by atoms with van der Waals surface area (Å²) in [4.78, 5) is 18.1. The number of likely N-dealkylation sites (N-methyl/N-ethyl adjacent to an activating group) is 1. The summed E-state index contributed by atoms with van der Waals surface area (Å²) in [5.41, 5.74) is 5.03. The quantitative estimate of drug-likeness (QED) is 0.697. The molecule has 2 aromatic carbocycles. The number of carbonyl (C=O) groups excluding carboxylic acids is 1. The molecule has 0 saturated heterocycles. The molecule has 0 radical (unpaired) electrons. The number of amides is 1. The lowest BCUT2D eigenvalue weighted by Crippen LogP contribution is -2.34. The number of halogens is 1. The molecule has 0 aliphatic rings. The average Bonchev–Trinajstić information content (AvgIpc) is 2.90. The Kier molecular flexibility index (Phi) is 5.35. The van der Waals surface area contributed by atoms with Gasteiger partial charge < -0.3 is 15.2 Å². The van der Waals surface area contributed by atoms with E-state index in [1.807, 2.05) is 63.5 Å². The first-order valence-corrected chi connectivity index (χ1v) is 9.04. The summed E-state index contributed by atoms with van der Waals surface area (Å²) >= 11 is 6.34. The Hall–Kier alpha value is -2.30. The third-order valence-electron chi connectivity index (χ3n) is 4.91. The van der Waals surface area contributed by atoms with Crippen LogP contribution in [0.2, 0.25) is 5.02 Å². The van der Waals surface area contributed by atoms with Crippen LogP contribution in [0, 0.1) is 13.8 Å². The minimum Gasteiger partial charge on any atom is -0.358 e. The zero-order valence-electron chi connectivity index (χ0n) is 15.6. The summed E-state index contributed by atoms with van der Waals surface area (Å²) in [5, 5.41) is 4.84. The minimum absolute atomic E-state index is 0.00706. The first-order valence-electron chi connectivity index (χ1n) is 8.66. The van der Waals surface area contributed by atoms with Crippen molar-refractivity contribution in [3.05, 3.63) is 69.9 Å². The van der Waals surface area contributed by atoms with E-state index in [9.17, 15) is 4.79 Å². The zero-order valence-corrected chi connectivity index (χ0v) is 16.3. The SMILES string of the molecule is Cc1[nH]c2ccc(C(=O)NC[C@@H](c3ccccc3Cl)N(C)C)cc2c1C. The van der Waals surface area contributed by atoms with Gasteiger partial charge in [-0.2, -0.15) is 0 Å². The van der Waals surface area contributed by atoms with Crippen molar-refractivity contribution in [1.29, 1.82) is 0 Å². The molecule has 0 aliphatic heterocycles. The fourth-order valence-corrected chi connectivity index (χ4v) is 3.47. The zero-order chi connectivity index (χ0) is 18.8. The number of aromatic amines is 1. The largest absolute Gasteiger partial charge is 0.358 e. The normalized spacial score (nSPS) is 12.5. The number of H-pyrrole nitrogens is 1. The lowest BCUT2D eigenvalue weighted by Gasteiger charge is -2.26. The standard InChI is InChI=1S/C21H24ClN3O/c1-13-14(2)24-19-10-9-15(11-17(13)19)21(26)23-12-20(25(3)4)16-7-5-6-8-18(16)22/h5-11,20,24H,12H2,1-4H3,(H,23,26)/t20-/m0/s1. The van der Waals surface area contributed by atoms with Crippen LogP contribution < -0.4 is 5.32 Å². The summed E-state index contributed by atoms with van der Waals surface area (Å²) < 4.78 is 0. The number of hydrogen-bond acceptors (Lipinski definition) is 2. The van der Waals surface area contributed by atoms with E-state index in [4.69, 9.17) is 11.6 Å². The van der Waals surface area contributed by atoms with Crippen molar-refractivity contribution in [2.45, 2.75) is 19.9 Å². The second-order valence-corrected chi connectivity index (χ2v) is 7.25. The maximum atomic E-state index is 12.7. The molecule has 4 nitrogen and oxygen atoms in total. The summed E-state index contributed by atoms with van der Waals surface area (Å²) in [5.74, 6) is -0.0796. The minimum atomic E-state index is -0.0796. The summed E-state index contributed by atoms with van der Waals surface area (Å²) in [6.07, 6.45) is 0. The number of nitrogens with one attached hydrogen (secondary N) is 2. The highest BCUT2D eigenvalue weighted by Gasteiger charge is 2.18. The Morgan fingerprint density at radius 2 is 1.92 bits per heavy atom. The van der Waals surface area contributed by atoms with Crippen LogP contribution in [0.5, 0.6) is 0 Å². The molecule has 1 amide bonds. The molecular formula is C21H24ClN3O. The van der Waals surface area contributed by atoms with E-state index in [2.05, 4.69) is 22.1 Å². The van der Waals surface area contributed by atoms with Crippen LogP contribution in [0.4, 0.5) is 0 Å². The van der Waals surface area contributed by atoms with E-state index >= 15 is 0 Å². The molecule has 0 spiro atoms. The Labute approximate surface area is 159 Å². The van der Waals surface area contributed by atoms with Gasteiger partial charge in [0.05, 0.1) is 6.04 Å². The highest BCUT2D eigenvalue weighted by Crippen LogP contribution is 2.26. The number of nitrogens with zero attached hydrogens (tertiary/aromatic N) is 1. The average molecular weight is 370 g/mol. The van der Waals surface area contributed by atoms with Crippen molar-refractivity contribution < 1.29 is 4.79 Å². The van der Waals surface area contributed by atoms with Crippen LogP contribution >= 0.6 is 11.6 Å². The lowest BCUT2D eigenvalue weighted by molar-refractivity contribution is 0.0942. The molecule has 0 aliphatic carbocycles. The fraction of sp³-hybridized carbons (Fsp3) is 0.286. The smallest absolute Gasteiger partial charge is 0.251 e. The Balaban J connectivity index is 1.79. The summed E-state index contributed by atoms with van der Waals surface area (Å²) in [7, 11) is 3.97. The van der Waals surface area contributed by atoms with Crippen LogP contribution in [0.25, 0.3) is 10.9 Å². The molecule has 3 rings (SSSR count). The maximum Gasteiger partial charge on any atom is 0.251 e. The molecule has 1 heterocycles. The number of benzene rings is 2. The van der Waals surface area contributed by atoms with Crippen molar-refractivity contribution in [2.75, 3.05) is 20.6 Å². The predicted molar refractivity (Wildman–Crippen MR) is 108 cm³/mol. The number of aryl methyl sites for hydroxylation is 2. The molecule has 0 saturated carbocycles. The number of rotatable bonds is 5. The second kappa shape index (κ2) is 7.52. The third kappa shape index (κ3) is 3.62. The molecule has 0 bridgehead atoms. The van der Waals surface area contributed by atoms with E-state index < -0.39 is 0 Å². The number of aromatic nitrogens is 1. The molecule has 2 N–H and O–H groups in total. The topological polar surface area (TPSA) is 48.1 Å². The predicted octanol–water partition coefficient (Wildman–Crippen LogP) is 4.47. The molecule has 136 valence electrons. The van der Waals surface area contributed by atoms with Gasteiger partial charge in [-0.1, -0.05) is 29.8 Å². The van der Waals surface area contributed by atoms with Crippen LogP contribution in [0.1, 0.15) is 33.2 Å². The summed E-state index contributed by atoms with van der Waals surface area (Å²) in [6.45, 7) is 4.59. The number of hydrogen-bond donors (Lipinski definition) is 2. The van der Waals surface area contributed by atoms with E-state index in [1.165, 1.54) is 5.56 Å². The van der Waals surface area contributed by atoms with Crippen molar-refractivity contribution in [3.63, 3.8) is 0 Å². The van der Waals surface area contributed by atoms with E-state index in [0.29, 0.717) is 17.1 Å². The molecule has 3 aromatic rings. The van der Waals surface area contributed by atoms with Gasteiger partial charge in [-0.3, -0.25) is 4.79 Å². The van der Waals surface area contributed by atoms with Crippen LogP contribution in [-0.2, 0) is 0 Å². The van der Waals surface area contributed by atoms with Crippen molar-refractivity contribution in [3.8, 4) is 0 Å². The molecule has 0 unspecified atom stereocenters. The third-order valence-corrected chi connectivity index (χ3v) is 5.26. The highest BCUT2D eigenvalue weighted by atomic mass is 35.5. The monoisotopic (exact) mass is 369 g/mol. The van der Waals surface area contributed by atoms with Gasteiger partial charge in [0.25, 0.3) is 5.91 Å². The van der Waals surface area contributed by atoms with E-state index in [0.717, 1.165) is 22.2 Å². The molecule has 26 heavy (non-hydrogen) atoms. The van der Waals surface area contributed by atoms with Crippen molar-refractivity contribution in [1.82, 2.24) is 15.2 Å². The Morgan fingerprint density at radius 3 is 2.62 bits per heavy atom. The first kappa shape index (κ1) is 18.5. The van der Waals surface area contributed by atoms with Gasteiger partial charge in [0.15, 0.2) is 0 Å². The second-order valence-electron chi connectivity index (χ2n) is 6.85. The van der Waals surface area contributed by atoms with Gasteiger partial charge in [-0.25, -0.2) is 0 Å². The first-order chi connectivity index (χ1) is 12.4. The fourth-order valence-electron chi connectivity index (χ4n) is 3.21. The molecule has 1 aromatic heterocycles. The summed E-state index contributed by atoms with van der Waals surface area (Å²) in [6, 6.07) is 13.5. The Morgan fingerprint density at radius 1 is 1.19 bits per heavy atom. The van der Waals surface area contributed by atoms with Crippen LogP contribution in [0.15, 0.2) is 42.5 Å².